The molecule has 5 aromatic heterocycles. The fourth-order valence-electron chi connectivity index (χ4n) is 6.47. The van der Waals surface area contributed by atoms with Gasteiger partial charge in [-0.1, -0.05) is 78.9 Å². The van der Waals surface area contributed by atoms with E-state index in [-0.39, 0.29) is 0 Å². The van der Waals surface area contributed by atoms with Crippen LogP contribution in [-0.4, -0.2) is 24.9 Å². The highest BCUT2D eigenvalue weighted by Gasteiger charge is 2.15. The molecule has 0 spiro atoms. The second-order valence-electron chi connectivity index (χ2n) is 11.8. The van der Waals surface area contributed by atoms with Crippen LogP contribution in [0.1, 0.15) is 0 Å². The van der Waals surface area contributed by atoms with E-state index in [1.807, 2.05) is 67.1 Å². The van der Waals surface area contributed by atoms with Crippen molar-refractivity contribution in [1.29, 1.82) is 0 Å². The molecule has 0 radical (unpaired) electrons. The average molecular weight is 614 g/mol. The quantitative estimate of drug-likeness (QED) is 0.143. The summed E-state index contributed by atoms with van der Waals surface area (Å²) >= 11 is 0. The summed E-state index contributed by atoms with van der Waals surface area (Å²) in [5, 5.41) is 3.26. The van der Waals surface area contributed by atoms with Gasteiger partial charge in [0.15, 0.2) is 0 Å². The van der Waals surface area contributed by atoms with Crippen molar-refractivity contribution in [3.63, 3.8) is 0 Å². The minimum Gasteiger partial charge on any atom is -0.256 e. The Hall–Kier alpha value is -6.59. The fraction of sp³-hybridized carbons (Fsp3) is 0. The number of aromatic nitrogens is 5. The van der Waals surface area contributed by atoms with Gasteiger partial charge in [0.2, 0.25) is 0 Å². The van der Waals surface area contributed by atoms with E-state index in [0.29, 0.717) is 0 Å². The zero-order valence-corrected chi connectivity index (χ0v) is 25.8. The number of pyridine rings is 5. The molecule has 4 aromatic carbocycles. The van der Waals surface area contributed by atoms with Crippen LogP contribution in [0.25, 0.3) is 88.9 Å². The summed E-state index contributed by atoms with van der Waals surface area (Å²) < 4.78 is 0. The molecule has 9 rings (SSSR count). The lowest BCUT2D eigenvalue weighted by molar-refractivity contribution is 1.29. The molecule has 0 fully saturated rings. The van der Waals surface area contributed by atoms with E-state index < -0.39 is 0 Å². The van der Waals surface area contributed by atoms with Gasteiger partial charge in [0.25, 0.3) is 0 Å². The van der Waals surface area contributed by atoms with Crippen molar-refractivity contribution in [1.82, 2.24) is 24.9 Å². The van der Waals surface area contributed by atoms with E-state index in [1.54, 1.807) is 0 Å². The zero-order chi connectivity index (χ0) is 31.9. The Kier molecular flexibility index (Phi) is 6.72. The molecular weight excluding hydrogens is 587 g/mol. The Morgan fingerprint density at radius 1 is 0.354 bits per heavy atom. The lowest BCUT2D eigenvalue weighted by Gasteiger charge is -2.13. The third-order valence-electron chi connectivity index (χ3n) is 8.78. The highest BCUT2D eigenvalue weighted by molar-refractivity contribution is 6.16. The van der Waals surface area contributed by atoms with E-state index in [4.69, 9.17) is 15.0 Å². The Morgan fingerprint density at radius 3 is 1.65 bits per heavy atom. The SMILES string of the molecule is c1ccc(-c2c3ccccc3nc3c2ccc2ccc(-c4ccc(-c5cc(-c6ccccn6)cc(-c6ccccn6)c5)nc4)nc23)cc1. The lowest BCUT2D eigenvalue weighted by Crippen LogP contribution is -1.94. The molecule has 0 N–H and O–H groups in total. The van der Waals surface area contributed by atoms with E-state index in [1.165, 1.54) is 5.56 Å². The molecule has 0 aliphatic heterocycles. The third kappa shape index (κ3) is 4.95. The predicted octanol–water partition coefficient (Wildman–Crippen LogP) is 10.5. The maximum atomic E-state index is 5.21. The van der Waals surface area contributed by atoms with Crippen molar-refractivity contribution < 1.29 is 0 Å². The van der Waals surface area contributed by atoms with Crippen LogP contribution in [-0.2, 0) is 0 Å². The van der Waals surface area contributed by atoms with Crippen molar-refractivity contribution in [2.24, 2.45) is 0 Å². The summed E-state index contributed by atoms with van der Waals surface area (Å²) in [5.74, 6) is 0. The molecule has 0 aliphatic rings. The second-order valence-corrected chi connectivity index (χ2v) is 11.8. The average Bonchev–Trinajstić information content (AvgIpc) is 3.17. The first kappa shape index (κ1) is 27.7. The first-order valence-electron chi connectivity index (χ1n) is 15.9. The number of hydrogen-bond acceptors (Lipinski definition) is 5. The van der Waals surface area contributed by atoms with Gasteiger partial charge in [-0.3, -0.25) is 15.0 Å². The van der Waals surface area contributed by atoms with Crippen LogP contribution in [0.3, 0.4) is 0 Å². The zero-order valence-electron chi connectivity index (χ0n) is 25.8. The van der Waals surface area contributed by atoms with E-state index in [2.05, 4.69) is 107 Å². The minimum atomic E-state index is 0.849. The molecule has 5 nitrogen and oxygen atoms in total. The van der Waals surface area contributed by atoms with Crippen molar-refractivity contribution >= 4 is 32.7 Å². The largest absolute Gasteiger partial charge is 0.256 e. The molecule has 0 saturated heterocycles. The Morgan fingerprint density at radius 2 is 0.979 bits per heavy atom. The number of benzene rings is 4. The normalized spacial score (nSPS) is 11.3. The predicted molar refractivity (Wildman–Crippen MR) is 195 cm³/mol. The smallest absolute Gasteiger partial charge is 0.0978 e. The number of hydrogen-bond donors (Lipinski definition) is 0. The monoisotopic (exact) mass is 613 g/mol. The summed E-state index contributed by atoms with van der Waals surface area (Å²) in [4.78, 5) is 24.5. The van der Waals surface area contributed by atoms with Gasteiger partial charge in [0.1, 0.15) is 0 Å². The van der Waals surface area contributed by atoms with Gasteiger partial charge in [-0.2, -0.15) is 0 Å². The van der Waals surface area contributed by atoms with Crippen LogP contribution in [0, 0.1) is 0 Å². The van der Waals surface area contributed by atoms with Gasteiger partial charge in [-0.25, -0.2) is 9.97 Å². The van der Waals surface area contributed by atoms with Crippen LogP contribution in [0.5, 0.6) is 0 Å². The Bertz CT molecular complexity index is 2530. The van der Waals surface area contributed by atoms with Gasteiger partial charge in [0.05, 0.1) is 39.3 Å². The van der Waals surface area contributed by atoms with Crippen LogP contribution in [0.2, 0.25) is 0 Å². The molecule has 48 heavy (non-hydrogen) atoms. The van der Waals surface area contributed by atoms with Gasteiger partial charge >= 0.3 is 0 Å². The molecule has 0 amide bonds. The molecule has 0 aliphatic carbocycles. The Labute approximate surface area is 277 Å². The van der Waals surface area contributed by atoms with Crippen molar-refractivity contribution in [3.8, 4) is 56.2 Å². The number of fused-ring (bicyclic) bond motifs is 4. The van der Waals surface area contributed by atoms with E-state index in [9.17, 15) is 0 Å². The van der Waals surface area contributed by atoms with Gasteiger partial charge in [0, 0.05) is 62.6 Å². The molecular formula is C43H27N5. The van der Waals surface area contributed by atoms with Crippen LogP contribution >= 0.6 is 0 Å². The summed E-state index contributed by atoms with van der Waals surface area (Å²) in [6.07, 6.45) is 5.53. The fourth-order valence-corrected chi connectivity index (χ4v) is 6.47. The van der Waals surface area contributed by atoms with E-state index in [0.717, 1.165) is 83.3 Å². The lowest BCUT2D eigenvalue weighted by atomic mass is 9.95. The molecule has 0 saturated carbocycles. The summed E-state index contributed by atoms with van der Waals surface area (Å²) in [6.45, 7) is 0. The van der Waals surface area contributed by atoms with Crippen LogP contribution < -0.4 is 0 Å². The van der Waals surface area contributed by atoms with Crippen LogP contribution in [0.15, 0.2) is 164 Å². The van der Waals surface area contributed by atoms with Gasteiger partial charge in [-0.05, 0) is 72.3 Å². The summed E-state index contributed by atoms with van der Waals surface area (Å²) in [6, 6.07) is 49.8. The highest BCUT2D eigenvalue weighted by Crippen LogP contribution is 2.38. The van der Waals surface area contributed by atoms with Crippen molar-refractivity contribution in [2.45, 2.75) is 0 Å². The molecule has 5 heterocycles. The molecule has 224 valence electrons. The first-order chi connectivity index (χ1) is 23.8. The molecule has 0 bridgehead atoms. The summed E-state index contributed by atoms with van der Waals surface area (Å²) in [7, 11) is 0. The van der Waals surface area contributed by atoms with Crippen molar-refractivity contribution in [3.05, 3.63) is 164 Å². The molecule has 0 atom stereocenters. The molecule has 5 heteroatoms. The highest BCUT2D eigenvalue weighted by atomic mass is 14.8. The van der Waals surface area contributed by atoms with Crippen LogP contribution in [0.4, 0.5) is 0 Å². The number of para-hydroxylation sites is 1. The maximum Gasteiger partial charge on any atom is 0.0978 e. The third-order valence-corrected chi connectivity index (χ3v) is 8.78. The van der Waals surface area contributed by atoms with Crippen molar-refractivity contribution in [2.75, 3.05) is 0 Å². The molecule has 9 aromatic rings. The van der Waals surface area contributed by atoms with E-state index >= 15 is 0 Å². The van der Waals surface area contributed by atoms with Gasteiger partial charge in [-0.15, -0.1) is 0 Å². The minimum absolute atomic E-state index is 0.849. The standard InChI is InChI=1S/C43H27N5/c1-2-10-28(11-3-1)41-34-12-4-5-15-40(34)48-43-35(41)19-16-29-17-21-39(47-42(29)43)30-18-20-38(46-27-30)33-25-31(36-13-6-8-22-44-36)24-32(26-33)37-14-7-9-23-45-37/h1-27H. The topological polar surface area (TPSA) is 64.5 Å². The number of rotatable bonds is 5. The maximum absolute atomic E-state index is 5.21. The number of nitrogens with zero attached hydrogens (tertiary/aromatic N) is 5. The first-order valence-corrected chi connectivity index (χ1v) is 15.9. The Balaban J connectivity index is 1.16. The second kappa shape index (κ2) is 11.6. The van der Waals surface area contributed by atoms with Gasteiger partial charge < -0.3 is 0 Å². The summed E-state index contributed by atoms with van der Waals surface area (Å²) in [5.41, 5.74) is 12.5. The molecule has 0 unspecified atom stereocenters.